The van der Waals surface area contributed by atoms with Crippen molar-refractivity contribution >= 4 is 0 Å². The molecule has 0 aliphatic rings. The summed E-state index contributed by atoms with van der Waals surface area (Å²) < 4.78 is 35.8. The van der Waals surface area contributed by atoms with E-state index in [2.05, 4.69) is 5.92 Å². The van der Waals surface area contributed by atoms with Crippen LogP contribution >= 0.6 is 0 Å². The van der Waals surface area contributed by atoms with E-state index < -0.39 is 11.6 Å². The summed E-state index contributed by atoms with van der Waals surface area (Å²) in [4.78, 5) is 0. The van der Waals surface area contributed by atoms with Crippen LogP contribution in [0, 0.1) is 24.0 Å². The molecule has 0 atom stereocenters. The first-order valence-corrected chi connectivity index (χ1v) is 4.26. The SMILES string of the molecule is C#Cc1c(F)cc(F)cc1OCCOC. The summed E-state index contributed by atoms with van der Waals surface area (Å²) >= 11 is 0. The Labute approximate surface area is 86.8 Å². The van der Waals surface area contributed by atoms with Gasteiger partial charge in [0.1, 0.15) is 29.6 Å². The fraction of sp³-hybridized carbons (Fsp3) is 0.273. The Morgan fingerprint density at radius 2 is 2.07 bits per heavy atom. The zero-order chi connectivity index (χ0) is 11.3. The van der Waals surface area contributed by atoms with Crippen molar-refractivity contribution in [2.45, 2.75) is 0 Å². The number of hydrogen-bond acceptors (Lipinski definition) is 2. The molecule has 0 N–H and O–H groups in total. The summed E-state index contributed by atoms with van der Waals surface area (Å²) in [6.07, 6.45) is 5.08. The van der Waals surface area contributed by atoms with E-state index in [-0.39, 0.29) is 17.9 Å². The number of benzene rings is 1. The van der Waals surface area contributed by atoms with Crippen molar-refractivity contribution in [3.05, 3.63) is 29.3 Å². The Bertz CT molecular complexity index is 383. The van der Waals surface area contributed by atoms with E-state index in [9.17, 15) is 8.78 Å². The average Bonchev–Trinajstić information content (AvgIpc) is 2.17. The molecule has 0 radical (unpaired) electrons. The summed E-state index contributed by atoms with van der Waals surface area (Å²) in [7, 11) is 1.50. The quantitative estimate of drug-likeness (QED) is 0.561. The Kier molecular flexibility index (Phi) is 4.07. The van der Waals surface area contributed by atoms with Gasteiger partial charge in [-0.25, -0.2) is 8.78 Å². The maximum absolute atomic E-state index is 13.1. The molecule has 2 nitrogen and oxygen atoms in total. The van der Waals surface area contributed by atoms with Crippen LogP contribution in [0.15, 0.2) is 12.1 Å². The number of hydrogen-bond donors (Lipinski definition) is 0. The normalized spacial score (nSPS) is 9.73. The summed E-state index contributed by atoms with van der Waals surface area (Å²) in [5.41, 5.74) is -0.0764. The highest BCUT2D eigenvalue weighted by molar-refractivity contribution is 5.46. The van der Waals surface area contributed by atoms with E-state index in [1.54, 1.807) is 0 Å². The number of terminal acetylenes is 1. The highest BCUT2D eigenvalue weighted by atomic mass is 19.1. The standard InChI is InChI=1S/C11H10F2O2/c1-3-9-10(13)6-8(12)7-11(9)15-5-4-14-2/h1,6-7H,4-5H2,2H3. The van der Waals surface area contributed by atoms with Crippen LogP contribution in [0.25, 0.3) is 0 Å². The maximum Gasteiger partial charge on any atom is 0.145 e. The topological polar surface area (TPSA) is 18.5 Å². The molecule has 0 heterocycles. The summed E-state index contributed by atoms with van der Waals surface area (Å²) in [5.74, 6) is 0.607. The van der Waals surface area contributed by atoms with Gasteiger partial charge in [0.2, 0.25) is 0 Å². The monoisotopic (exact) mass is 212 g/mol. The smallest absolute Gasteiger partial charge is 0.145 e. The van der Waals surface area contributed by atoms with Gasteiger partial charge >= 0.3 is 0 Å². The van der Waals surface area contributed by atoms with E-state index in [0.29, 0.717) is 6.61 Å². The molecular formula is C11H10F2O2. The fourth-order valence-electron chi connectivity index (χ4n) is 1.04. The first-order valence-electron chi connectivity index (χ1n) is 4.26. The van der Waals surface area contributed by atoms with Crippen molar-refractivity contribution in [2.24, 2.45) is 0 Å². The zero-order valence-corrected chi connectivity index (χ0v) is 8.22. The van der Waals surface area contributed by atoms with Crippen LogP contribution in [0.5, 0.6) is 5.75 Å². The molecule has 0 aromatic heterocycles. The van der Waals surface area contributed by atoms with Gasteiger partial charge < -0.3 is 9.47 Å². The molecule has 15 heavy (non-hydrogen) atoms. The molecule has 1 rings (SSSR count). The minimum atomic E-state index is -0.801. The molecule has 1 aromatic rings. The van der Waals surface area contributed by atoms with Crippen LogP contribution in [0.3, 0.4) is 0 Å². The number of methoxy groups -OCH3 is 1. The Morgan fingerprint density at radius 1 is 1.33 bits per heavy atom. The third kappa shape index (κ3) is 2.93. The molecule has 0 saturated carbocycles. The van der Waals surface area contributed by atoms with Crippen molar-refractivity contribution in [2.75, 3.05) is 20.3 Å². The Morgan fingerprint density at radius 3 is 2.67 bits per heavy atom. The average molecular weight is 212 g/mol. The van der Waals surface area contributed by atoms with Gasteiger partial charge in [-0.3, -0.25) is 0 Å². The molecule has 0 spiro atoms. The predicted molar refractivity (Wildman–Crippen MR) is 51.7 cm³/mol. The fourth-order valence-corrected chi connectivity index (χ4v) is 1.04. The highest BCUT2D eigenvalue weighted by Crippen LogP contribution is 2.22. The lowest BCUT2D eigenvalue weighted by Gasteiger charge is -2.08. The van der Waals surface area contributed by atoms with Crippen molar-refractivity contribution in [1.29, 1.82) is 0 Å². The maximum atomic E-state index is 13.1. The summed E-state index contributed by atoms with van der Waals surface area (Å²) in [5, 5.41) is 0. The van der Waals surface area contributed by atoms with E-state index in [4.69, 9.17) is 15.9 Å². The predicted octanol–water partition coefficient (Wildman–Crippen LogP) is 1.97. The molecule has 0 amide bonds. The molecule has 0 saturated heterocycles. The molecule has 0 aliphatic heterocycles. The van der Waals surface area contributed by atoms with Crippen LogP contribution in [-0.2, 0) is 4.74 Å². The molecular weight excluding hydrogens is 202 g/mol. The number of rotatable bonds is 4. The van der Waals surface area contributed by atoms with Gasteiger partial charge in [0.05, 0.1) is 6.61 Å². The summed E-state index contributed by atoms with van der Waals surface area (Å²) in [6.45, 7) is 0.510. The van der Waals surface area contributed by atoms with Crippen LogP contribution in [0.2, 0.25) is 0 Å². The second-order valence-corrected chi connectivity index (χ2v) is 2.75. The third-order valence-electron chi connectivity index (χ3n) is 1.71. The molecule has 0 bridgehead atoms. The third-order valence-corrected chi connectivity index (χ3v) is 1.71. The highest BCUT2D eigenvalue weighted by Gasteiger charge is 2.10. The van der Waals surface area contributed by atoms with Crippen molar-refractivity contribution < 1.29 is 18.3 Å². The van der Waals surface area contributed by atoms with Gasteiger partial charge in [-0.2, -0.15) is 0 Å². The summed E-state index contributed by atoms with van der Waals surface area (Å²) in [6, 6.07) is 1.77. The van der Waals surface area contributed by atoms with Gasteiger partial charge in [-0.1, -0.05) is 5.92 Å². The largest absolute Gasteiger partial charge is 0.490 e. The molecule has 0 unspecified atom stereocenters. The van der Waals surface area contributed by atoms with E-state index in [1.165, 1.54) is 7.11 Å². The van der Waals surface area contributed by atoms with Crippen LogP contribution in [0.1, 0.15) is 5.56 Å². The number of ether oxygens (including phenoxy) is 2. The molecule has 0 aliphatic carbocycles. The lowest BCUT2D eigenvalue weighted by molar-refractivity contribution is 0.145. The van der Waals surface area contributed by atoms with Gasteiger partial charge in [-0.15, -0.1) is 6.42 Å². The van der Waals surface area contributed by atoms with Crippen molar-refractivity contribution in [3.63, 3.8) is 0 Å². The zero-order valence-electron chi connectivity index (χ0n) is 8.22. The van der Waals surface area contributed by atoms with Gasteiger partial charge in [0.15, 0.2) is 0 Å². The first kappa shape index (κ1) is 11.5. The minimum absolute atomic E-state index is 0.0204. The Hall–Kier alpha value is -1.60. The van der Waals surface area contributed by atoms with E-state index in [1.807, 2.05) is 0 Å². The minimum Gasteiger partial charge on any atom is -0.490 e. The van der Waals surface area contributed by atoms with Crippen LogP contribution in [0.4, 0.5) is 8.78 Å². The number of halogens is 2. The van der Waals surface area contributed by atoms with Crippen LogP contribution in [-0.4, -0.2) is 20.3 Å². The second kappa shape index (κ2) is 5.32. The first-order chi connectivity index (χ1) is 7.19. The molecule has 4 heteroatoms. The second-order valence-electron chi connectivity index (χ2n) is 2.75. The Balaban J connectivity index is 2.90. The van der Waals surface area contributed by atoms with Gasteiger partial charge in [0, 0.05) is 19.2 Å². The molecule has 80 valence electrons. The van der Waals surface area contributed by atoms with E-state index in [0.717, 1.165) is 12.1 Å². The molecule has 1 aromatic carbocycles. The van der Waals surface area contributed by atoms with Crippen LogP contribution < -0.4 is 4.74 Å². The van der Waals surface area contributed by atoms with Gasteiger partial charge in [0.25, 0.3) is 0 Å². The van der Waals surface area contributed by atoms with E-state index >= 15 is 0 Å². The molecule has 0 fully saturated rings. The van der Waals surface area contributed by atoms with Gasteiger partial charge in [-0.05, 0) is 0 Å². The lowest BCUT2D eigenvalue weighted by Crippen LogP contribution is -2.06. The van der Waals surface area contributed by atoms with Crippen molar-refractivity contribution in [3.8, 4) is 18.1 Å². The lowest BCUT2D eigenvalue weighted by atomic mass is 10.2. The van der Waals surface area contributed by atoms with Crippen molar-refractivity contribution in [1.82, 2.24) is 0 Å².